The van der Waals surface area contributed by atoms with Crippen LogP contribution in [0, 0.1) is 0 Å². The van der Waals surface area contributed by atoms with Gasteiger partial charge in [0.05, 0.1) is 35.3 Å². The molecule has 1 amide bonds. The minimum absolute atomic E-state index is 0.0690. The summed E-state index contributed by atoms with van der Waals surface area (Å²) in [6.07, 6.45) is 2.60. The van der Waals surface area contributed by atoms with E-state index < -0.39 is 0 Å². The molecule has 2 aliphatic heterocycles. The first-order chi connectivity index (χ1) is 13.7. The topological polar surface area (TPSA) is 67.5 Å². The number of imidazole rings is 1. The molecule has 5 rings (SSSR count). The Balaban J connectivity index is 1.47. The Labute approximate surface area is 167 Å². The second-order valence-electron chi connectivity index (χ2n) is 7.13. The standard InChI is InChI=1S/C21H20ClN3O3/c22-14-11-13(12-18-19(14)28-10-4-9-27-18)21(26)25-8-3-7-17(25)20-23-15-5-1-2-6-16(15)24-20/h1-2,5-6,11-12,17H,3-4,7-10H2,(H,23,24). The molecule has 0 saturated carbocycles. The number of likely N-dealkylation sites (tertiary alicyclic amines) is 1. The molecule has 28 heavy (non-hydrogen) atoms. The van der Waals surface area contributed by atoms with E-state index in [4.69, 9.17) is 26.1 Å². The molecular weight excluding hydrogens is 378 g/mol. The van der Waals surface area contributed by atoms with Gasteiger partial charge in [-0.25, -0.2) is 4.98 Å². The zero-order valence-electron chi connectivity index (χ0n) is 15.3. The molecule has 6 nitrogen and oxygen atoms in total. The predicted molar refractivity (Wildman–Crippen MR) is 106 cm³/mol. The van der Waals surface area contributed by atoms with E-state index in [9.17, 15) is 4.79 Å². The highest BCUT2D eigenvalue weighted by molar-refractivity contribution is 6.32. The number of nitrogens with one attached hydrogen (secondary N) is 1. The van der Waals surface area contributed by atoms with Crippen molar-refractivity contribution in [3.8, 4) is 11.5 Å². The number of hydrogen-bond donors (Lipinski definition) is 1. The lowest BCUT2D eigenvalue weighted by molar-refractivity contribution is 0.0730. The first-order valence-electron chi connectivity index (χ1n) is 9.55. The number of aromatic amines is 1. The summed E-state index contributed by atoms with van der Waals surface area (Å²) in [7, 11) is 0. The van der Waals surface area contributed by atoms with Gasteiger partial charge in [-0.2, -0.15) is 0 Å². The van der Waals surface area contributed by atoms with Crippen LogP contribution in [0.2, 0.25) is 5.02 Å². The quantitative estimate of drug-likeness (QED) is 0.697. The van der Waals surface area contributed by atoms with E-state index in [0.717, 1.165) is 36.1 Å². The fourth-order valence-electron chi connectivity index (χ4n) is 3.94. The molecular formula is C21H20ClN3O3. The van der Waals surface area contributed by atoms with Crippen LogP contribution in [0.15, 0.2) is 36.4 Å². The van der Waals surface area contributed by atoms with Crippen molar-refractivity contribution >= 4 is 28.5 Å². The number of aromatic nitrogens is 2. The maximum Gasteiger partial charge on any atom is 0.254 e. The molecule has 0 radical (unpaired) electrons. The average Bonchev–Trinajstić information content (AvgIpc) is 3.28. The summed E-state index contributed by atoms with van der Waals surface area (Å²) in [6, 6.07) is 11.2. The van der Waals surface area contributed by atoms with Crippen LogP contribution in [0.5, 0.6) is 11.5 Å². The summed E-state index contributed by atoms with van der Waals surface area (Å²) >= 11 is 6.38. The highest BCUT2D eigenvalue weighted by Crippen LogP contribution is 2.39. The first-order valence-corrected chi connectivity index (χ1v) is 9.93. The zero-order chi connectivity index (χ0) is 19.1. The van der Waals surface area contributed by atoms with Crippen molar-refractivity contribution in [2.24, 2.45) is 0 Å². The number of hydrogen-bond acceptors (Lipinski definition) is 4. The van der Waals surface area contributed by atoms with E-state index in [-0.39, 0.29) is 11.9 Å². The molecule has 1 saturated heterocycles. The third-order valence-electron chi connectivity index (χ3n) is 5.29. The van der Waals surface area contributed by atoms with Crippen LogP contribution in [-0.4, -0.2) is 40.5 Å². The van der Waals surface area contributed by atoms with E-state index in [2.05, 4.69) is 4.98 Å². The number of halogens is 1. The molecule has 2 aliphatic rings. The molecule has 3 aromatic rings. The first kappa shape index (κ1) is 17.4. The van der Waals surface area contributed by atoms with Gasteiger partial charge in [-0.3, -0.25) is 4.79 Å². The summed E-state index contributed by atoms with van der Waals surface area (Å²) in [5, 5.41) is 0.405. The van der Waals surface area contributed by atoms with Crippen LogP contribution in [0.4, 0.5) is 0 Å². The highest BCUT2D eigenvalue weighted by Gasteiger charge is 2.33. The SMILES string of the molecule is O=C(c1cc(Cl)c2c(c1)OCCCO2)N1CCCC1c1nc2ccccc2[nH]1. The summed E-state index contributed by atoms with van der Waals surface area (Å²) in [5.74, 6) is 1.81. The molecule has 0 bridgehead atoms. The Morgan fingerprint density at radius 3 is 2.93 bits per heavy atom. The number of benzene rings is 2. The van der Waals surface area contributed by atoms with Crippen molar-refractivity contribution in [1.82, 2.24) is 14.9 Å². The van der Waals surface area contributed by atoms with E-state index in [1.54, 1.807) is 12.1 Å². The lowest BCUT2D eigenvalue weighted by Crippen LogP contribution is -2.31. The molecule has 7 heteroatoms. The summed E-state index contributed by atoms with van der Waals surface area (Å²) in [6.45, 7) is 1.79. The van der Waals surface area contributed by atoms with E-state index in [1.165, 1.54) is 0 Å². The summed E-state index contributed by atoms with van der Waals surface area (Å²) in [5.41, 5.74) is 2.41. The lowest BCUT2D eigenvalue weighted by Gasteiger charge is -2.24. The minimum Gasteiger partial charge on any atom is -0.489 e. The van der Waals surface area contributed by atoms with Gasteiger partial charge in [0.2, 0.25) is 0 Å². The molecule has 0 aliphatic carbocycles. The molecule has 0 spiro atoms. The number of carbonyl (C=O) groups is 1. The average molecular weight is 398 g/mol. The van der Waals surface area contributed by atoms with Gasteiger partial charge in [0.25, 0.3) is 5.91 Å². The molecule has 2 aromatic carbocycles. The Bertz CT molecular complexity index is 1020. The van der Waals surface area contributed by atoms with Crippen molar-refractivity contribution in [1.29, 1.82) is 0 Å². The van der Waals surface area contributed by atoms with Crippen molar-refractivity contribution in [2.75, 3.05) is 19.8 Å². The normalized spacial score (nSPS) is 19.0. The van der Waals surface area contributed by atoms with Crippen molar-refractivity contribution < 1.29 is 14.3 Å². The van der Waals surface area contributed by atoms with Crippen LogP contribution in [0.25, 0.3) is 11.0 Å². The number of rotatable bonds is 2. The zero-order valence-corrected chi connectivity index (χ0v) is 16.0. The Hall–Kier alpha value is -2.73. The number of nitrogens with zero attached hydrogens (tertiary/aromatic N) is 2. The van der Waals surface area contributed by atoms with Gasteiger partial charge in [0.1, 0.15) is 5.82 Å². The van der Waals surface area contributed by atoms with Crippen molar-refractivity contribution in [3.05, 3.63) is 52.8 Å². The molecule has 3 heterocycles. The van der Waals surface area contributed by atoms with Crippen LogP contribution in [0.1, 0.15) is 41.5 Å². The number of ether oxygens (including phenoxy) is 2. The van der Waals surface area contributed by atoms with Gasteiger partial charge >= 0.3 is 0 Å². The minimum atomic E-state index is -0.0744. The van der Waals surface area contributed by atoms with Gasteiger partial charge in [-0.15, -0.1) is 0 Å². The summed E-state index contributed by atoms with van der Waals surface area (Å²) < 4.78 is 11.4. The van der Waals surface area contributed by atoms with Crippen molar-refractivity contribution in [2.45, 2.75) is 25.3 Å². The smallest absolute Gasteiger partial charge is 0.254 e. The third kappa shape index (κ3) is 2.98. The number of para-hydroxylation sites is 2. The summed E-state index contributed by atoms with van der Waals surface area (Å²) in [4.78, 5) is 23.2. The fraction of sp³-hybridized carbons (Fsp3) is 0.333. The molecule has 144 valence electrons. The molecule has 1 unspecified atom stereocenters. The van der Waals surface area contributed by atoms with Crippen molar-refractivity contribution in [3.63, 3.8) is 0 Å². The maximum absolute atomic E-state index is 13.3. The van der Waals surface area contributed by atoms with Crippen LogP contribution < -0.4 is 9.47 Å². The van der Waals surface area contributed by atoms with Gasteiger partial charge in [-0.05, 0) is 37.1 Å². The highest BCUT2D eigenvalue weighted by atomic mass is 35.5. The van der Waals surface area contributed by atoms with E-state index in [1.807, 2.05) is 29.2 Å². The molecule has 1 aromatic heterocycles. The second kappa shape index (κ2) is 7.02. The van der Waals surface area contributed by atoms with Gasteiger partial charge < -0.3 is 19.4 Å². The lowest BCUT2D eigenvalue weighted by atomic mass is 10.1. The van der Waals surface area contributed by atoms with Crippen LogP contribution in [-0.2, 0) is 0 Å². The van der Waals surface area contributed by atoms with Gasteiger partial charge in [-0.1, -0.05) is 23.7 Å². The Morgan fingerprint density at radius 1 is 1.18 bits per heavy atom. The van der Waals surface area contributed by atoms with E-state index in [0.29, 0.717) is 41.8 Å². The van der Waals surface area contributed by atoms with E-state index >= 15 is 0 Å². The maximum atomic E-state index is 13.3. The van der Waals surface area contributed by atoms with Gasteiger partial charge in [0, 0.05) is 18.5 Å². The molecule has 1 atom stereocenters. The fourth-order valence-corrected chi connectivity index (χ4v) is 4.21. The van der Waals surface area contributed by atoms with Crippen LogP contribution in [0.3, 0.4) is 0 Å². The second-order valence-corrected chi connectivity index (χ2v) is 7.54. The number of carbonyl (C=O) groups excluding carboxylic acids is 1. The number of H-pyrrole nitrogens is 1. The Morgan fingerprint density at radius 2 is 2.04 bits per heavy atom. The largest absolute Gasteiger partial charge is 0.489 e. The van der Waals surface area contributed by atoms with Gasteiger partial charge in [0.15, 0.2) is 11.5 Å². The molecule has 1 fully saturated rings. The molecule has 1 N–H and O–H groups in total. The number of amides is 1. The monoisotopic (exact) mass is 397 g/mol. The third-order valence-corrected chi connectivity index (χ3v) is 5.57. The Kier molecular flexibility index (Phi) is 4.36. The number of fused-ring (bicyclic) bond motifs is 2. The van der Waals surface area contributed by atoms with Crippen LogP contribution >= 0.6 is 11.6 Å². The predicted octanol–water partition coefficient (Wildman–Crippen LogP) is 4.35.